The second-order valence-electron chi connectivity index (χ2n) is 8.37. The molecule has 30 heavy (non-hydrogen) atoms. The number of nitrogens with zero attached hydrogens (tertiary/aromatic N) is 1. The first-order valence-electron chi connectivity index (χ1n) is 10.7. The van der Waals surface area contributed by atoms with Gasteiger partial charge in [-0.3, -0.25) is 9.59 Å². The number of nitrogens with one attached hydrogen (secondary N) is 1. The highest BCUT2D eigenvalue weighted by Crippen LogP contribution is 2.40. The minimum atomic E-state index is -0.384. The van der Waals surface area contributed by atoms with Gasteiger partial charge in [0.25, 0.3) is 5.91 Å². The first-order valence-corrected chi connectivity index (χ1v) is 10.7. The average molecular weight is 412 g/mol. The van der Waals surface area contributed by atoms with Gasteiger partial charge in [-0.2, -0.15) is 0 Å². The van der Waals surface area contributed by atoms with E-state index in [0.717, 1.165) is 49.6 Å². The van der Waals surface area contributed by atoms with Crippen molar-refractivity contribution in [1.29, 1.82) is 0 Å². The van der Waals surface area contributed by atoms with Gasteiger partial charge in [0.2, 0.25) is 5.91 Å². The van der Waals surface area contributed by atoms with E-state index < -0.39 is 0 Å². The van der Waals surface area contributed by atoms with Gasteiger partial charge in [0, 0.05) is 43.6 Å². The van der Waals surface area contributed by atoms with Gasteiger partial charge in [0.05, 0.1) is 0 Å². The van der Waals surface area contributed by atoms with Crippen molar-refractivity contribution in [2.24, 2.45) is 5.41 Å². The topological polar surface area (TPSA) is 88.8 Å². The smallest absolute Gasteiger partial charge is 0.336 e. The Hall–Kier alpha value is -2.83. The SMILES string of the molecule is CCc1cc(=O)oc2cc(OCC(=O)N3CCC4(CCNC(=O)CC4)CC3)ccc12. The van der Waals surface area contributed by atoms with E-state index in [1.807, 2.05) is 17.9 Å². The maximum atomic E-state index is 12.6. The zero-order chi connectivity index (χ0) is 21.1. The lowest BCUT2D eigenvalue weighted by molar-refractivity contribution is -0.136. The van der Waals surface area contributed by atoms with Gasteiger partial charge < -0.3 is 19.4 Å². The Morgan fingerprint density at radius 2 is 1.97 bits per heavy atom. The van der Waals surface area contributed by atoms with Crippen molar-refractivity contribution in [3.05, 3.63) is 40.2 Å². The highest BCUT2D eigenvalue weighted by atomic mass is 16.5. The van der Waals surface area contributed by atoms with Gasteiger partial charge in [-0.1, -0.05) is 6.92 Å². The fraction of sp³-hybridized carbons (Fsp3) is 0.522. The Labute approximate surface area is 175 Å². The average Bonchev–Trinajstić information content (AvgIpc) is 2.93. The lowest BCUT2D eigenvalue weighted by Crippen LogP contribution is -2.45. The Balaban J connectivity index is 1.35. The number of likely N-dealkylation sites (tertiary alicyclic amines) is 1. The van der Waals surface area contributed by atoms with E-state index in [-0.39, 0.29) is 29.5 Å². The minimum Gasteiger partial charge on any atom is -0.484 e. The number of benzene rings is 1. The number of hydrogen-bond acceptors (Lipinski definition) is 5. The predicted octanol–water partition coefficient (Wildman–Crippen LogP) is 2.64. The lowest BCUT2D eigenvalue weighted by Gasteiger charge is -2.41. The fourth-order valence-corrected chi connectivity index (χ4v) is 4.62. The Kier molecular flexibility index (Phi) is 5.79. The van der Waals surface area contributed by atoms with E-state index in [9.17, 15) is 14.4 Å². The molecule has 0 saturated carbocycles. The molecule has 1 aromatic heterocycles. The molecule has 0 aliphatic carbocycles. The normalized spacial score (nSPS) is 18.8. The number of ether oxygens (including phenoxy) is 1. The van der Waals surface area contributed by atoms with E-state index in [2.05, 4.69) is 5.32 Å². The molecule has 2 saturated heterocycles. The second-order valence-corrected chi connectivity index (χ2v) is 8.37. The van der Waals surface area contributed by atoms with Crippen LogP contribution in [0.4, 0.5) is 0 Å². The molecule has 1 spiro atoms. The van der Waals surface area contributed by atoms with Gasteiger partial charge in [0.1, 0.15) is 11.3 Å². The molecule has 0 bridgehead atoms. The summed E-state index contributed by atoms with van der Waals surface area (Å²) in [6.07, 6.45) is 5.05. The summed E-state index contributed by atoms with van der Waals surface area (Å²) in [5.74, 6) is 0.599. The van der Waals surface area contributed by atoms with E-state index in [0.29, 0.717) is 30.8 Å². The van der Waals surface area contributed by atoms with Crippen LogP contribution in [0, 0.1) is 5.41 Å². The maximum absolute atomic E-state index is 12.6. The number of piperidine rings is 1. The summed E-state index contributed by atoms with van der Waals surface area (Å²) >= 11 is 0. The highest BCUT2D eigenvalue weighted by molar-refractivity contribution is 5.82. The summed E-state index contributed by atoms with van der Waals surface area (Å²) in [6, 6.07) is 6.85. The van der Waals surface area contributed by atoms with Crippen molar-refractivity contribution in [1.82, 2.24) is 10.2 Å². The number of hydrogen-bond donors (Lipinski definition) is 1. The summed E-state index contributed by atoms with van der Waals surface area (Å²) in [7, 11) is 0. The molecule has 0 atom stereocenters. The van der Waals surface area contributed by atoms with Crippen LogP contribution in [-0.4, -0.2) is 43.0 Å². The minimum absolute atomic E-state index is 0.0449. The number of rotatable bonds is 4. The molecule has 2 amide bonds. The molecule has 2 aliphatic rings. The zero-order valence-corrected chi connectivity index (χ0v) is 17.4. The zero-order valence-electron chi connectivity index (χ0n) is 17.4. The summed E-state index contributed by atoms with van der Waals surface area (Å²) in [6.45, 7) is 4.07. The third-order valence-corrected chi connectivity index (χ3v) is 6.58. The molecule has 4 rings (SSSR count). The summed E-state index contributed by atoms with van der Waals surface area (Å²) in [5, 5.41) is 3.83. The van der Waals surface area contributed by atoms with Crippen molar-refractivity contribution >= 4 is 22.8 Å². The Morgan fingerprint density at radius 1 is 1.17 bits per heavy atom. The first-order chi connectivity index (χ1) is 14.5. The fourth-order valence-electron chi connectivity index (χ4n) is 4.62. The standard InChI is InChI=1S/C23H28N2O5/c1-2-16-13-22(28)30-19-14-17(3-4-18(16)19)29-15-21(27)25-11-8-23(9-12-25)6-5-20(26)24-10-7-23/h3-4,13-14H,2,5-12,15H2,1H3,(H,24,26). The van der Waals surface area contributed by atoms with Crippen LogP contribution in [-0.2, 0) is 16.0 Å². The maximum Gasteiger partial charge on any atom is 0.336 e. The first kappa shape index (κ1) is 20.4. The second kappa shape index (κ2) is 8.50. The number of amides is 2. The number of carbonyl (C=O) groups is 2. The summed E-state index contributed by atoms with van der Waals surface area (Å²) in [4.78, 5) is 37.8. The van der Waals surface area contributed by atoms with Crippen LogP contribution in [0.3, 0.4) is 0 Å². The molecule has 7 nitrogen and oxygen atoms in total. The quantitative estimate of drug-likeness (QED) is 0.780. The van der Waals surface area contributed by atoms with Crippen molar-refractivity contribution < 1.29 is 18.7 Å². The third kappa shape index (κ3) is 4.35. The van der Waals surface area contributed by atoms with Crippen LogP contribution in [0.15, 0.2) is 33.5 Å². The molecule has 1 aromatic carbocycles. The third-order valence-electron chi connectivity index (χ3n) is 6.58. The molecule has 3 heterocycles. The number of fused-ring (bicyclic) bond motifs is 1. The Bertz CT molecular complexity index is 1000. The van der Waals surface area contributed by atoms with Crippen LogP contribution in [0.1, 0.15) is 44.6 Å². The van der Waals surface area contributed by atoms with Crippen LogP contribution in [0.5, 0.6) is 5.75 Å². The molecular formula is C23H28N2O5. The van der Waals surface area contributed by atoms with Crippen molar-refractivity contribution in [2.75, 3.05) is 26.2 Å². The largest absolute Gasteiger partial charge is 0.484 e. The van der Waals surface area contributed by atoms with Crippen LogP contribution in [0.2, 0.25) is 0 Å². The molecule has 0 radical (unpaired) electrons. The van der Waals surface area contributed by atoms with Gasteiger partial charge in [-0.05, 0) is 55.2 Å². The highest BCUT2D eigenvalue weighted by Gasteiger charge is 2.37. The molecule has 2 aliphatic heterocycles. The lowest BCUT2D eigenvalue weighted by atomic mass is 9.73. The van der Waals surface area contributed by atoms with Crippen molar-refractivity contribution in [3.63, 3.8) is 0 Å². The molecule has 1 N–H and O–H groups in total. The van der Waals surface area contributed by atoms with Gasteiger partial charge in [-0.25, -0.2) is 4.79 Å². The molecular weight excluding hydrogens is 384 g/mol. The summed E-state index contributed by atoms with van der Waals surface area (Å²) in [5.41, 5.74) is 1.19. The van der Waals surface area contributed by atoms with Gasteiger partial charge in [-0.15, -0.1) is 0 Å². The molecule has 2 aromatic rings. The van der Waals surface area contributed by atoms with Crippen LogP contribution in [0.25, 0.3) is 11.0 Å². The van der Waals surface area contributed by atoms with E-state index in [1.165, 1.54) is 6.07 Å². The molecule has 0 unspecified atom stereocenters. The van der Waals surface area contributed by atoms with Gasteiger partial charge >= 0.3 is 5.63 Å². The number of carbonyl (C=O) groups excluding carboxylic acids is 2. The van der Waals surface area contributed by atoms with E-state index in [1.54, 1.807) is 12.1 Å². The van der Waals surface area contributed by atoms with E-state index >= 15 is 0 Å². The van der Waals surface area contributed by atoms with Crippen LogP contribution >= 0.6 is 0 Å². The molecule has 2 fully saturated rings. The Morgan fingerprint density at radius 3 is 2.73 bits per heavy atom. The van der Waals surface area contributed by atoms with Crippen molar-refractivity contribution in [2.45, 2.75) is 45.4 Å². The molecule has 7 heteroatoms. The molecule has 160 valence electrons. The van der Waals surface area contributed by atoms with Crippen molar-refractivity contribution in [3.8, 4) is 5.75 Å². The summed E-state index contributed by atoms with van der Waals surface area (Å²) < 4.78 is 11.0. The van der Waals surface area contributed by atoms with Gasteiger partial charge in [0.15, 0.2) is 6.61 Å². The monoisotopic (exact) mass is 412 g/mol. The predicted molar refractivity (Wildman–Crippen MR) is 112 cm³/mol. The van der Waals surface area contributed by atoms with E-state index in [4.69, 9.17) is 9.15 Å². The van der Waals surface area contributed by atoms with Crippen LogP contribution < -0.4 is 15.7 Å². The number of aryl methyl sites for hydroxylation is 1.